The van der Waals surface area contributed by atoms with Crippen LogP contribution in [-0.2, 0) is 16.3 Å². The molecule has 122 valence electrons. The van der Waals surface area contributed by atoms with Crippen LogP contribution < -0.4 is 0 Å². The van der Waals surface area contributed by atoms with Gasteiger partial charge in [0.25, 0.3) is 0 Å². The smallest absolute Gasteiger partial charge is 0.192 e. The molecule has 0 atom stereocenters. The zero-order valence-corrected chi connectivity index (χ0v) is 14.2. The van der Waals surface area contributed by atoms with Gasteiger partial charge in [0.15, 0.2) is 14.9 Å². The molecule has 1 fully saturated rings. The number of sulfone groups is 1. The zero-order chi connectivity index (χ0) is 16.3. The van der Waals surface area contributed by atoms with Crippen molar-refractivity contribution in [1.29, 1.82) is 0 Å². The Morgan fingerprint density at radius 3 is 2.22 bits per heavy atom. The van der Waals surface area contributed by atoms with Crippen molar-refractivity contribution in [3.8, 4) is 11.1 Å². The van der Waals surface area contributed by atoms with Gasteiger partial charge in [-0.1, -0.05) is 24.3 Å². The Morgan fingerprint density at radius 2 is 1.65 bits per heavy atom. The lowest BCUT2D eigenvalue weighted by atomic mass is 10.0. The van der Waals surface area contributed by atoms with E-state index in [-0.39, 0.29) is 5.03 Å². The molecule has 0 saturated carbocycles. The molecule has 23 heavy (non-hydrogen) atoms. The highest BCUT2D eigenvalue weighted by Gasteiger charge is 2.11. The van der Waals surface area contributed by atoms with E-state index < -0.39 is 9.84 Å². The van der Waals surface area contributed by atoms with Crippen molar-refractivity contribution in [2.45, 2.75) is 24.3 Å². The predicted octanol–water partition coefficient (Wildman–Crippen LogP) is 2.79. The highest BCUT2D eigenvalue weighted by atomic mass is 32.2. The zero-order valence-electron chi connectivity index (χ0n) is 13.4. The summed E-state index contributed by atoms with van der Waals surface area (Å²) in [4.78, 5) is 6.56. The lowest BCUT2D eigenvalue weighted by molar-refractivity contribution is 0.343. The van der Waals surface area contributed by atoms with Crippen molar-refractivity contribution in [3.63, 3.8) is 0 Å². The largest absolute Gasteiger partial charge is 0.303 e. The van der Waals surface area contributed by atoms with Crippen molar-refractivity contribution >= 4 is 9.84 Å². The minimum Gasteiger partial charge on any atom is -0.303 e. The molecule has 4 nitrogen and oxygen atoms in total. The Hall–Kier alpha value is -1.72. The van der Waals surface area contributed by atoms with Crippen LogP contribution in [0.2, 0.25) is 0 Å². The molecule has 1 saturated heterocycles. The van der Waals surface area contributed by atoms with Gasteiger partial charge >= 0.3 is 0 Å². The number of benzene rings is 1. The maximum atomic E-state index is 11.4. The SMILES string of the molecule is CS(=O)(=O)c1ccc(-c2ccc(CCN3CCCC3)cc2)cn1. The number of aromatic nitrogens is 1. The summed E-state index contributed by atoms with van der Waals surface area (Å²) in [6, 6.07) is 11.8. The molecule has 0 spiro atoms. The summed E-state index contributed by atoms with van der Waals surface area (Å²) in [7, 11) is -3.24. The summed E-state index contributed by atoms with van der Waals surface area (Å²) < 4.78 is 22.9. The second kappa shape index (κ2) is 6.81. The van der Waals surface area contributed by atoms with Crippen LogP contribution in [-0.4, -0.2) is 44.2 Å². The first-order valence-corrected chi connectivity index (χ1v) is 9.89. The molecule has 1 aliphatic rings. The van der Waals surface area contributed by atoms with Gasteiger partial charge in [-0.15, -0.1) is 0 Å². The number of likely N-dealkylation sites (tertiary alicyclic amines) is 1. The molecule has 3 rings (SSSR count). The first kappa shape index (κ1) is 16.1. The van der Waals surface area contributed by atoms with Crippen LogP contribution in [0, 0.1) is 0 Å². The van der Waals surface area contributed by atoms with Gasteiger partial charge in [-0.3, -0.25) is 0 Å². The number of hydrogen-bond acceptors (Lipinski definition) is 4. The summed E-state index contributed by atoms with van der Waals surface area (Å²) in [5.74, 6) is 0. The first-order chi connectivity index (χ1) is 11.0. The molecule has 0 N–H and O–H groups in total. The van der Waals surface area contributed by atoms with E-state index in [0.29, 0.717) is 0 Å². The van der Waals surface area contributed by atoms with Gasteiger partial charge in [0.1, 0.15) is 0 Å². The molecule has 1 aromatic carbocycles. The van der Waals surface area contributed by atoms with Crippen LogP contribution in [0.1, 0.15) is 18.4 Å². The van der Waals surface area contributed by atoms with E-state index in [1.807, 2.05) is 6.07 Å². The second-order valence-corrected chi connectivity index (χ2v) is 8.12. The van der Waals surface area contributed by atoms with Crippen molar-refractivity contribution in [2.75, 3.05) is 25.9 Å². The fraction of sp³-hybridized carbons (Fsp3) is 0.389. The molecule has 0 bridgehead atoms. The highest BCUT2D eigenvalue weighted by molar-refractivity contribution is 7.90. The molecule has 0 unspecified atom stereocenters. The second-order valence-electron chi connectivity index (χ2n) is 6.15. The quantitative estimate of drug-likeness (QED) is 0.846. The van der Waals surface area contributed by atoms with Crippen LogP contribution in [0.25, 0.3) is 11.1 Å². The number of hydrogen-bond donors (Lipinski definition) is 0. The average Bonchev–Trinajstić information content (AvgIpc) is 3.06. The Kier molecular flexibility index (Phi) is 4.78. The maximum Gasteiger partial charge on any atom is 0.192 e. The van der Waals surface area contributed by atoms with E-state index in [1.165, 1.54) is 37.8 Å². The molecule has 0 radical (unpaired) electrons. The Bertz CT molecular complexity index is 747. The van der Waals surface area contributed by atoms with E-state index in [0.717, 1.165) is 24.1 Å². The molecule has 0 aliphatic carbocycles. The van der Waals surface area contributed by atoms with E-state index >= 15 is 0 Å². The molecule has 0 amide bonds. The number of pyridine rings is 1. The Balaban J connectivity index is 1.66. The van der Waals surface area contributed by atoms with Gasteiger partial charge in [0, 0.05) is 24.6 Å². The third kappa shape index (κ3) is 4.18. The van der Waals surface area contributed by atoms with Gasteiger partial charge in [0.2, 0.25) is 0 Å². The number of nitrogens with zero attached hydrogens (tertiary/aromatic N) is 2. The van der Waals surface area contributed by atoms with Crippen molar-refractivity contribution in [3.05, 3.63) is 48.2 Å². The minimum atomic E-state index is -3.24. The normalized spacial score (nSPS) is 15.9. The van der Waals surface area contributed by atoms with E-state index in [1.54, 1.807) is 12.3 Å². The van der Waals surface area contributed by atoms with Crippen LogP contribution in [0.15, 0.2) is 47.6 Å². The molecule has 1 aromatic heterocycles. The lowest BCUT2D eigenvalue weighted by Crippen LogP contribution is -2.21. The Labute approximate surface area is 138 Å². The van der Waals surface area contributed by atoms with Crippen molar-refractivity contribution < 1.29 is 8.42 Å². The van der Waals surface area contributed by atoms with Gasteiger partial charge in [-0.25, -0.2) is 13.4 Å². The highest BCUT2D eigenvalue weighted by Crippen LogP contribution is 2.20. The molecular weight excluding hydrogens is 308 g/mol. The monoisotopic (exact) mass is 330 g/mol. The van der Waals surface area contributed by atoms with E-state index in [9.17, 15) is 8.42 Å². The summed E-state index contributed by atoms with van der Waals surface area (Å²) in [5, 5.41) is 0.114. The summed E-state index contributed by atoms with van der Waals surface area (Å²) in [6.45, 7) is 3.59. The van der Waals surface area contributed by atoms with Crippen LogP contribution in [0.3, 0.4) is 0 Å². The van der Waals surface area contributed by atoms with Gasteiger partial charge in [-0.2, -0.15) is 0 Å². The number of rotatable bonds is 5. The standard InChI is InChI=1S/C18H22N2O2S/c1-23(21,22)18-9-8-17(14-19-18)16-6-4-15(5-7-16)10-13-20-11-2-3-12-20/h4-9,14H,2-3,10-13H2,1H3. The fourth-order valence-corrected chi connectivity index (χ4v) is 3.49. The lowest BCUT2D eigenvalue weighted by Gasteiger charge is -2.14. The van der Waals surface area contributed by atoms with Crippen molar-refractivity contribution in [2.24, 2.45) is 0 Å². The Morgan fingerprint density at radius 1 is 1.00 bits per heavy atom. The summed E-state index contributed by atoms with van der Waals surface area (Å²) in [5.41, 5.74) is 3.33. The van der Waals surface area contributed by atoms with Crippen LogP contribution in [0.4, 0.5) is 0 Å². The van der Waals surface area contributed by atoms with Crippen LogP contribution in [0.5, 0.6) is 0 Å². The van der Waals surface area contributed by atoms with Crippen molar-refractivity contribution in [1.82, 2.24) is 9.88 Å². The minimum absolute atomic E-state index is 0.114. The molecule has 2 heterocycles. The van der Waals surface area contributed by atoms with Gasteiger partial charge < -0.3 is 4.90 Å². The van der Waals surface area contributed by atoms with E-state index in [2.05, 4.69) is 34.1 Å². The molecular formula is C18H22N2O2S. The van der Waals surface area contributed by atoms with Gasteiger partial charge in [-0.05, 0) is 55.6 Å². The van der Waals surface area contributed by atoms with Gasteiger partial charge in [0.05, 0.1) is 0 Å². The third-order valence-electron chi connectivity index (χ3n) is 4.32. The molecule has 1 aliphatic heterocycles. The fourth-order valence-electron chi connectivity index (χ4n) is 2.93. The maximum absolute atomic E-state index is 11.4. The average molecular weight is 330 g/mol. The molecule has 2 aromatic rings. The summed E-state index contributed by atoms with van der Waals surface area (Å²) in [6.07, 6.45) is 6.52. The molecule has 5 heteroatoms. The topological polar surface area (TPSA) is 50.3 Å². The predicted molar refractivity (Wildman–Crippen MR) is 92.2 cm³/mol. The van der Waals surface area contributed by atoms with Crippen LogP contribution >= 0.6 is 0 Å². The summed E-state index contributed by atoms with van der Waals surface area (Å²) >= 11 is 0. The van der Waals surface area contributed by atoms with E-state index in [4.69, 9.17) is 0 Å². The third-order valence-corrected chi connectivity index (χ3v) is 5.32. The first-order valence-electron chi connectivity index (χ1n) is 8.00.